The first-order valence-electron chi connectivity index (χ1n) is 8.67. The Hall–Kier alpha value is -2.52. The Balaban J connectivity index is 0.00000261. The predicted octanol–water partition coefficient (Wildman–Crippen LogP) is 1.13. The Morgan fingerprint density at radius 2 is 2.07 bits per heavy atom. The highest BCUT2D eigenvalue weighted by molar-refractivity contribution is 5.95. The van der Waals surface area contributed by atoms with Gasteiger partial charge in [-0.25, -0.2) is 4.68 Å². The maximum Gasteiger partial charge on any atom is 0.243 e. The van der Waals surface area contributed by atoms with Crippen LogP contribution in [0.4, 0.5) is 5.69 Å². The number of aromatic nitrogens is 4. The number of nitrogens with two attached hydrogens (primary N) is 1. The summed E-state index contributed by atoms with van der Waals surface area (Å²) in [6.07, 6.45) is 2.15. The normalized spacial score (nSPS) is 14.4. The Morgan fingerprint density at radius 1 is 1.33 bits per heavy atom. The van der Waals surface area contributed by atoms with Gasteiger partial charge < -0.3 is 16.4 Å². The molecule has 1 saturated carbocycles. The fourth-order valence-corrected chi connectivity index (χ4v) is 2.48. The molecule has 4 N–H and O–H groups in total. The van der Waals surface area contributed by atoms with Gasteiger partial charge in [-0.3, -0.25) is 9.59 Å². The molecule has 0 unspecified atom stereocenters. The standard InChI is InChI=1S/C17H23N7O2.ClH/c1-10(2)15(18)17(26)19-9-14(25)20-12-5-3-4-11(8-12)16-21-22-23-24(16)13-6-7-13;/h3-5,8,10,13,15H,6-7,9,18H2,1-2H3,(H,19,26)(H,20,25);1H/t15-;/m0./s1. The van der Waals surface area contributed by atoms with Crippen LogP contribution in [0.3, 0.4) is 0 Å². The number of halogens is 1. The molecule has 2 amide bonds. The third-order valence-corrected chi connectivity index (χ3v) is 4.23. The van der Waals surface area contributed by atoms with Crippen molar-refractivity contribution in [3.63, 3.8) is 0 Å². The lowest BCUT2D eigenvalue weighted by Gasteiger charge is -2.15. The molecular weight excluding hydrogens is 370 g/mol. The largest absolute Gasteiger partial charge is 0.346 e. The summed E-state index contributed by atoms with van der Waals surface area (Å²) in [5.41, 5.74) is 7.19. The number of carbonyl (C=O) groups is 2. The molecule has 10 heteroatoms. The van der Waals surface area contributed by atoms with Gasteiger partial charge in [-0.15, -0.1) is 17.5 Å². The maximum atomic E-state index is 12.1. The SMILES string of the molecule is CC(C)[C@H](N)C(=O)NCC(=O)Nc1cccc(-c2nnnn2C2CC2)c1.Cl. The third kappa shape index (κ3) is 5.24. The molecule has 3 rings (SSSR count). The van der Waals surface area contributed by atoms with Crippen molar-refractivity contribution in [2.24, 2.45) is 11.7 Å². The van der Waals surface area contributed by atoms with Crippen LogP contribution in [0.25, 0.3) is 11.4 Å². The molecule has 0 radical (unpaired) electrons. The molecule has 1 aromatic carbocycles. The zero-order chi connectivity index (χ0) is 18.7. The van der Waals surface area contributed by atoms with Crippen LogP contribution in [0.15, 0.2) is 24.3 Å². The van der Waals surface area contributed by atoms with Crippen molar-refractivity contribution in [2.75, 3.05) is 11.9 Å². The summed E-state index contributed by atoms with van der Waals surface area (Å²) >= 11 is 0. The van der Waals surface area contributed by atoms with Gasteiger partial charge in [0.2, 0.25) is 11.8 Å². The second-order valence-corrected chi connectivity index (χ2v) is 6.79. The highest BCUT2D eigenvalue weighted by Crippen LogP contribution is 2.36. The zero-order valence-corrected chi connectivity index (χ0v) is 16.1. The average molecular weight is 394 g/mol. The molecule has 1 heterocycles. The van der Waals surface area contributed by atoms with E-state index in [2.05, 4.69) is 26.2 Å². The third-order valence-electron chi connectivity index (χ3n) is 4.23. The Bertz CT molecular complexity index is 804. The number of benzene rings is 1. The van der Waals surface area contributed by atoms with E-state index in [0.717, 1.165) is 18.4 Å². The van der Waals surface area contributed by atoms with E-state index in [-0.39, 0.29) is 36.7 Å². The minimum atomic E-state index is -0.632. The van der Waals surface area contributed by atoms with Gasteiger partial charge in [0.05, 0.1) is 18.6 Å². The lowest BCUT2D eigenvalue weighted by Crippen LogP contribution is -2.46. The van der Waals surface area contributed by atoms with Crippen LogP contribution in [0.2, 0.25) is 0 Å². The Labute approximate surface area is 163 Å². The van der Waals surface area contributed by atoms with Crippen molar-refractivity contribution in [3.8, 4) is 11.4 Å². The topological polar surface area (TPSA) is 128 Å². The van der Waals surface area contributed by atoms with E-state index in [1.54, 1.807) is 6.07 Å². The number of nitrogens with zero attached hydrogens (tertiary/aromatic N) is 4. The van der Waals surface area contributed by atoms with Crippen LogP contribution < -0.4 is 16.4 Å². The van der Waals surface area contributed by atoms with Crippen molar-refractivity contribution in [3.05, 3.63) is 24.3 Å². The number of amides is 2. The highest BCUT2D eigenvalue weighted by Gasteiger charge is 2.28. The number of hydrogen-bond donors (Lipinski definition) is 3. The number of anilines is 1. The molecule has 27 heavy (non-hydrogen) atoms. The number of nitrogens with one attached hydrogen (secondary N) is 2. The Morgan fingerprint density at radius 3 is 2.74 bits per heavy atom. The van der Waals surface area contributed by atoms with E-state index >= 15 is 0 Å². The molecule has 9 nitrogen and oxygen atoms in total. The van der Waals surface area contributed by atoms with Crippen LogP contribution in [0.1, 0.15) is 32.7 Å². The van der Waals surface area contributed by atoms with Crippen molar-refractivity contribution < 1.29 is 9.59 Å². The maximum absolute atomic E-state index is 12.1. The van der Waals surface area contributed by atoms with E-state index in [9.17, 15) is 9.59 Å². The molecule has 1 atom stereocenters. The van der Waals surface area contributed by atoms with Gasteiger partial charge in [-0.05, 0) is 41.3 Å². The molecule has 0 saturated heterocycles. The molecule has 2 aromatic rings. The summed E-state index contributed by atoms with van der Waals surface area (Å²) in [5, 5.41) is 17.2. The smallest absolute Gasteiger partial charge is 0.243 e. The van der Waals surface area contributed by atoms with Gasteiger partial charge in [0.1, 0.15) is 0 Å². The van der Waals surface area contributed by atoms with Gasteiger partial charge in [0.25, 0.3) is 0 Å². The second kappa shape index (κ2) is 8.92. The fraction of sp³-hybridized carbons (Fsp3) is 0.471. The highest BCUT2D eigenvalue weighted by atomic mass is 35.5. The number of hydrogen-bond acceptors (Lipinski definition) is 6. The quantitative estimate of drug-likeness (QED) is 0.647. The van der Waals surface area contributed by atoms with Crippen LogP contribution >= 0.6 is 12.4 Å². The molecule has 1 aromatic heterocycles. The second-order valence-electron chi connectivity index (χ2n) is 6.79. The lowest BCUT2D eigenvalue weighted by molar-refractivity contribution is -0.125. The van der Waals surface area contributed by atoms with E-state index < -0.39 is 6.04 Å². The summed E-state index contributed by atoms with van der Waals surface area (Å²) in [4.78, 5) is 23.9. The van der Waals surface area contributed by atoms with Gasteiger partial charge in [0, 0.05) is 11.3 Å². The summed E-state index contributed by atoms with van der Waals surface area (Å²) < 4.78 is 1.81. The summed E-state index contributed by atoms with van der Waals surface area (Å²) in [6, 6.07) is 7.03. The van der Waals surface area contributed by atoms with Crippen molar-refractivity contribution in [1.29, 1.82) is 0 Å². The molecule has 146 valence electrons. The van der Waals surface area contributed by atoms with Crippen LogP contribution in [-0.4, -0.2) is 44.6 Å². The van der Waals surface area contributed by atoms with Crippen molar-refractivity contribution >= 4 is 29.9 Å². The van der Waals surface area contributed by atoms with E-state index in [1.165, 1.54) is 0 Å². The van der Waals surface area contributed by atoms with Crippen LogP contribution in [-0.2, 0) is 9.59 Å². The lowest BCUT2D eigenvalue weighted by atomic mass is 10.1. The molecule has 0 bridgehead atoms. The van der Waals surface area contributed by atoms with Crippen LogP contribution in [0.5, 0.6) is 0 Å². The molecule has 0 aliphatic heterocycles. The van der Waals surface area contributed by atoms with Gasteiger partial charge in [0.15, 0.2) is 5.82 Å². The average Bonchev–Trinajstić information content (AvgIpc) is 3.35. The summed E-state index contributed by atoms with van der Waals surface area (Å²) in [5.74, 6) is 0.0210. The predicted molar refractivity (Wildman–Crippen MR) is 103 cm³/mol. The number of carbonyl (C=O) groups excluding carboxylic acids is 2. The fourth-order valence-electron chi connectivity index (χ4n) is 2.48. The minimum absolute atomic E-state index is 0. The molecule has 1 aliphatic rings. The first kappa shape index (κ1) is 20.8. The van der Waals surface area contributed by atoms with E-state index in [0.29, 0.717) is 17.6 Å². The van der Waals surface area contributed by atoms with E-state index in [4.69, 9.17) is 5.73 Å². The van der Waals surface area contributed by atoms with Gasteiger partial charge in [-0.1, -0.05) is 26.0 Å². The summed E-state index contributed by atoms with van der Waals surface area (Å²) in [6.45, 7) is 3.57. The van der Waals surface area contributed by atoms with E-state index in [1.807, 2.05) is 36.7 Å². The first-order chi connectivity index (χ1) is 12.5. The van der Waals surface area contributed by atoms with Crippen molar-refractivity contribution in [2.45, 2.75) is 38.8 Å². The summed E-state index contributed by atoms with van der Waals surface area (Å²) in [7, 11) is 0. The minimum Gasteiger partial charge on any atom is -0.346 e. The van der Waals surface area contributed by atoms with Gasteiger partial charge in [-0.2, -0.15) is 0 Å². The Kier molecular flexibility index (Phi) is 6.86. The molecule has 1 aliphatic carbocycles. The molecule has 1 fully saturated rings. The first-order valence-corrected chi connectivity index (χ1v) is 8.67. The zero-order valence-electron chi connectivity index (χ0n) is 15.3. The van der Waals surface area contributed by atoms with Crippen LogP contribution in [0, 0.1) is 5.92 Å². The molecular formula is C17H24ClN7O2. The van der Waals surface area contributed by atoms with Gasteiger partial charge >= 0.3 is 0 Å². The van der Waals surface area contributed by atoms with Crippen molar-refractivity contribution in [1.82, 2.24) is 25.5 Å². The monoisotopic (exact) mass is 393 g/mol. The number of tetrazole rings is 1. The number of rotatable bonds is 7. The molecule has 0 spiro atoms.